The molecule has 18 heavy (non-hydrogen) atoms. The van der Waals surface area contributed by atoms with Crippen LogP contribution in [0.15, 0.2) is 24.3 Å². The van der Waals surface area contributed by atoms with Gasteiger partial charge in [0.05, 0.1) is 5.75 Å². The summed E-state index contributed by atoms with van der Waals surface area (Å²) in [7, 11) is 0. The van der Waals surface area contributed by atoms with Gasteiger partial charge in [-0.2, -0.15) is 0 Å². The Morgan fingerprint density at radius 3 is 2.44 bits per heavy atom. The third-order valence-corrected chi connectivity index (χ3v) is 3.30. The van der Waals surface area contributed by atoms with E-state index < -0.39 is 28.5 Å². The van der Waals surface area contributed by atoms with Crippen LogP contribution in [0.3, 0.4) is 0 Å². The van der Waals surface area contributed by atoms with E-state index in [2.05, 4.69) is 5.32 Å². The highest BCUT2D eigenvalue weighted by molar-refractivity contribution is 7.79. The predicted molar refractivity (Wildman–Crippen MR) is 68.0 cm³/mol. The zero-order valence-corrected chi connectivity index (χ0v) is 11.1. The van der Waals surface area contributed by atoms with Gasteiger partial charge in [-0.15, -0.1) is 0 Å². The molecule has 0 amide bonds. The Bertz CT molecular complexity index is 409. The van der Waals surface area contributed by atoms with Crippen LogP contribution in [-0.4, -0.2) is 27.2 Å². The van der Waals surface area contributed by atoms with Crippen LogP contribution in [0.25, 0.3) is 0 Å². The van der Waals surface area contributed by atoms with Gasteiger partial charge in [-0.3, -0.25) is 0 Å². The van der Waals surface area contributed by atoms with E-state index in [0.29, 0.717) is 0 Å². The minimum Gasteiger partial charge on any atom is -0.306 e. The molecule has 3 nitrogen and oxygen atoms in total. The van der Waals surface area contributed by atoms with Crippen molar-refractivity contribution in [3.05, 3.63) is 35.6 Å². The lowest BCUT2D eigenvalue weighted by molar-refractivity contribution is 0.297. The zero-order valence-electron chi connectivity index (χ0n) is 10.3. The molecule has 1 aromatic rings. The average Bonchev–Trinajstić information content (AvgIpc) is 2.26. The number of hydrogen-bond donors (Lipinski definition) is 2. The smallest absolute Gasteiger partial charge is 0.155 e. The second-order valence-electron chi connectivity index (χ2n) is 4.60. The van der Waals surface area contributed by atoms with Crippen molar-refractivity contribution in [1.82, 2.24) is 5.32 Å². The normalized spacial score (nSPS) is 15.4. The van der Waals surface area contributed by atoms with Crippen LogP contribution >= 0.6 is 0 Å². The van der Waals surface area contributed by atoms with Gasteiger partial charge in [0.2, 0.25) is 0 Å². The minimum atomic E-state index is -2.14. The monoisotopic (exact) mass is 277 g/mol. The fourth-order valence-corrected chi connectivity index (χ4v) is 1.98. The highest BCUT2D eigenvalue weighted by atomic mass is 32.2. The van der Waals surface area contributed by atoms with Crippen LogP contribution in [0, 0.1) is 5.82 Å². The van der Waals surface area contributed by atoms with Gasteiger partial charge in [-0.1, -0.05) is 12.1 Å². The van der Waals surface area contributed by atoms with Crippen LogP contribution < -0.4 is 5.32 Å². The highest BCUT2D eigenvalue weighted by Gasteiger charge is 2.22. The molecule has 0 heterocycles. The van der Waals surface area contributed by atoms with E-state index in [-0.39, 0.29) is 12.4 Å². The molecule has 1 aromatic carbocycles. The van der Waals surface area contributed by atoms with Crippen molar-refractivity contribution in [1.29, 1.82) is 0 Å². The second kappa shape index (κ2) is 6.36. The van der Waals surface area contributed by atoms with Crippen LogP contribution in [0.5, 0.6) is 0 Å². The first kappa shape index (κ1) is 15.2. The van der Waals surface area contributed by atoms with Gasteiger partial charge in [-0.25, -0.2) is 13.0 Å². The van der Waals surface area contributed by atoms with Gasteiger partial charge >= 0.3 is 0 Å². The second-order valence-corrected chi connectivity index (χ2v) is 5.57. The van der Waals surface area contributed by atoms with Crippen LogP contribution in [0.1, 0.15) is 19.4 Å². The minimum absolute atomic E-state index is 0.0311. The molecule has 6 heteroatoms. The molecule has 1 unspecified atom stereocenters. The molecular weight excluding hydrogens is 260 g/mol. The summed E-state index contributed by atoms with van der Waals surface area (Å²) in [6.45, 7) is 3.64. The lowest BCUT2D eigenvalue weighted by atomic mass is 9.94. The lowest BCUT2D eigenvalue weighted by Crippen LogP contribution is -2.41. The molecule has 0 spiro atoms. The molecule has 0 aliphatic heterocycles. The van der Waals surface area contributed by atoms with E-state index in [0.717, 1.165) is 5.56 Å². The number of halogens is 2. The van der Waals surface area contributed by atoms with Gasteiger partial charge in [0.15, 0.2) is 11.1 Å². The maximum Gasteiger partial charge on any atom is 0.155 e. The topological polar surface area (TPSA) is 49.3 Å². The summed E-state index contributed by atoms with van der Waals surface area (Å²) < 4.78 is 45.1. The van der Waals surface area contributed by atoms with E-state index in [4.69, 9.17) is 4.55 Å². The van der Waals surface area contributed by atoms with Crippen molar-refractivity contribution in [2.75, 3.05) is 12.3 Å². The van der Waals surface area contributed by atoms with Crippen molar-refractivity contribution < 1.29 is 17.5 Å². The maximum atomic E-state index is 13.3. The summed E-state index contributed by atoms with van der Waals surface area (Å²) in [5, 5.41) is 2.96. The van der Waals surface area contributed by atoms with Crippen LogP contribution in [-0.2, 0) is 16.6 Å². The number of benzene rings is 1. The van der Waals surface area contributed by atoms with Crippen molar-refractivity contribution in [2.24, 2.45) is 0 Å². The van der Waals surface area contributed by atoms with Gasteiger partial charge in [0.25, 0.3) is 0 Å². The molecule has 1 rings (SSSR count). The van der Waals surface area contributed by atoms with E-state index in [9.17, 15) is 13.0 Å². The molecule has 2 atom stereocenters. The Morgan fingerprint density at radius 1 is 1.39 bits per heavy atom. The number of alkyl halides is 1. The van der Waals surface area contributed by atoms with E-state index in [1.807, 2.05) is 13.8 Å². The van der Waals surface area contributed by atoms with Gasteiger partial charge < -0.3 is 9.87 Å². The SMILES string of the molecule is CC(C)(NC[C@@H](F)CS(=O)O)c1ccc(F)cc1. The first-order valence-corrected chi connectivity index (χ1v) is 6.81. The summed E-state index contributed by atoms with van der Waals surface area (Å²) in [6.07, 6.45) is -1.39. The Kier molecular flexibility index (Phi) is 5.37. The van der Waals surface area contributed by atoms with Crippen molar-refractivity contribution in [3.8, 4) is 0 Å². The van der Waals surface area contributed by atoms with Crippen molar-refractivity contribution in [3.63, 3.8) is 0 Å². The standard InChI is InChI=1S/C12H17F2NO2S/c1-12(2,9-3-5-10(13)6-4-9)15-7-11(14)8-18(16)17/h3-6,11,15H,7-8H2,1-2H3,(H,16,17)/t11-/m1/s1. The van der Waals surface area contributed by atoms with Gasteiger partial charge in [0.1, 0.15) is 12.0 Å². The molecule has 0 fully saturated rings. The number of hydrogen-bond acceptors (Lipinski definition) is 2. The third-order valence-electron chi connectivity index (χ3n) is 2.65. The summed E-state index contributed by atoms with van der Waals surface area (Å²) in [6, 6.07) is 5.93. The number of nitrogens with one attached hydrogen (secondary N) is 1. The fraction of sp³-hybridized carbons (Fsp3) is 0.500. The Morgan fingerprint density at radius 2 is 1.94 bits per heavy atom. The average molecular weight is 277 g/mol. The summed E-state index contributed by atoms with van der Waals surface area (Å²) in [5.74, 6) is -0.736. The first-order chi connectivity index (χ1) is 8.31. The molecular formula is C12H17F2NO2S. The van der Waals surface area contributed by atoms with Crippen LogP contribution in [0.2, 0.25) is 0 Å². The quantitative estimate of drug-likeness (QED) is 0.784. The largest absolute Gasteiger partial charge is 0.306 e. The predicted octanol–water partition coefficient (Wildman–Crippen LogP) is 2.21. The number of rotatable bonds is 6. The maximum absolute atomic E-state index is 13.3. The molecule has 0 radical (unpaired) electrons. The molecule has 0 saturated carbocycles. The lowest BCUT2D eigenvalue weighted by Gasteiger charge is -2.27. The molecule has 2 N–H and O–H groups in total. The summed E-state index contributed by atoms with van der Waals surface area (Å²) >= 11 is -2.14. The zero-order chi connectivity index (χ0) is 13.8. The van der Waals surface area contributed by atoms with Crippen molar-refractivity contribution >= 4 is 11.1 Å². The summed E-state index contributed by atoms with van der Waals surface area (Å²) in [4.78, 5) is 0. The fourth-order valence-electron chi connectivity index (χ4n) is 1.55. The van der Waals surface area contributed by atoms with Gasteiger partial charge in [-0.05, 0) is 31.5 Å². The van der Waals surface area contributed by atoms with Crippen LogP contribution in [0.4, 0.5) is 8.78 Å². The molecule has 0 bridgehead atoms. The highest BCUT2D eigenvalue weighted by Crippen LogP contribution is 2.20. The molecule has 0 saturated heterocycles. The Balaban J connectivity index is 2.59. The Labute approximate surface area is 108 Å². The molecule has 0 aliphatic carbocycles. The third kappa shape index (κ3) is 4.80. The van der Waals surface area contributed by atoms with E-state index >= 15 is 0 Å². The van der Waals surface area contributed by atoms with E-state index in [1.165, 1.54) is 12.1 Å². The summed E-state index contributed by atoms with van der Waals surface area (Å²) in [5.41, 5.74) is 0.288. The molecule has 102 valence electrons. The van der Waals surface area contributed by atoms with Gasteiger partial charge in [0, 0.05) is 12.1 Å². The Hall–Kier alpha value is -0.850. The van der Waals surface area contributed by atoms with E-state index in [1.54, 1.807) is 12.1 Å². The first-order valence-electron chi connectivity index (χ1n) is 5.54. The molecule has 0 aromatic heterocycles. The molecule has 0 aliphatic rings. The van der Waals surface area contributed by atoms with Crippen molar-refractivity contribution in [2.45, 2.75) is 25.6 Å².